The maximum absolute atomic E-state index is 11.8. The summed E-state index contributed by atoms with van der Waals surface area (Å²) in [5.74, 6) is -0.181. The van der Waals surface area contributed by atoms with Crippen molar-refractivity contribution in [3.05, 3.63) is 0 Å². The highest BCUT2D eigenvalue weighted by atomic mass is 16.5. The van der Waals surface area contributed by atoms with E-state index >= 15 is 0 Å². The predicted molar refractivity (Wildman–Crippen MR) is 71.1 cm³/mol. The molecule has 0 spiro atoms. The van der Waals surface area contributed by atoms with Gasteiger partial charge in [0, 0.05) is 12.6 Å². The van der Waals surface area contributed by atoms with E-state index in [1.54, 1.807) is 0 Å². The predicted octanol–water partition coefficient (Wildman–Crippen LogP) is 1.65. The van der Waals surface area contributed by atoms with Crippen LogP contribution in [0.25, 0.3) is 0 Å². The highest BCUT2D eigenvalue weighted by molar-refractivity contribution is 5.80. The van der Waals surface area contributed by atoms with Gasteiger partial charge in [-0.3, -0.25) is 4.79 Å². The normalized spacial score (nSPS) is 15.1. The van der Waals surface area contributed by atoms with Crippen LogP contribution in [0.2, 0.25) is 0 Å². The fourth-order valence-electron chi connectivity index (χ4n) is 2.03. The molecule has 1 unspecified atom stereocenters. The molecule has 0 bridgehead atoms. The molecule has 0 fully saturated rings. The molecule has 0 saturated heterocycles. The van der Waals surface area contributed by atoms with Crippen LogP contribution in [0.4, 0.5) is 0 Å². The Morgan fingerprint density at radius 1 is 1.41 bits per heavy atom. The molecular weight excluding hydrogens is 216 g/mol. The topological polar surface area (TPSA) is 41.6 Å². The Balaban J connectivity index is 4.49. The third kappa shape index (κ3) is 5.04. The molecule has 1 atom stereocenters. The van der Waals surface area contributed by atoms with Crippen molar-refractivity contribution in [3.8, 4) is 0 Å². The number of carbonyl (C=O) groups excluding carboxylic acids is 1. The number of methoxy groups -OCH3 is 1. The molecule has 17 heavy (non-hydrogen) atoms. The van der Waals surface area contributed by atoms with Gasteiger partial charge in [0.2, 0.25) is 0 Å². The lowest BCUT2D eigenvalue weighted by Gasteiger charge is -2.32. The molecule has 0 radical (unpaired) electrons. The monoisotopic (exact) mass is 244 g/mol. The Kier molecular flexibility index (Phi) is 7.39. The van der Waals surface area contributed by atoms with Gasteiger partial charge < -0.3 is 15.0 Å². The number of nitrogens with one attached hydrogen (secondary N) is 1. The summed E-state index contributed by atoms with van der Waals surface area (Å²) in [5.41, 5.74) is -0.578. The zero-order valence-corrected chi connectivity index (χ0v) is 12.2. The highest BCUT2D eigenvalue weighted by Gasteiger charge is 2.33. The number of rotatable bonds is 8. The summed E-state index contributed by atoms with van der Waals surface area (Å²) in [5, 5.41) is 3.23. The fraction of sp³-hybridized carbons (Fsp3) is 0.923. The molecular formula is C13H28N2O2. The molecule has 0 aliphatic rings. The van der Waals surface area contributed by atoms with Crippen molar-refractivity contribution < 1.29 is 9.53 Å². The fourth-order valence-corrected chi connectivity index (χ4v) is 2.03. The number of hydrogen-bond acceptors (Lipinski definition) is 4. The van der Waals surface area contributed by atoms with Gasteiger partial charge in [-0.15, -0.1) is 0 Å². The maximum atomic E-state index is 11.8. The molecule has 0 aliphatic heterocycles. The number of nitrogens with zero attached hydrogens (tertiary/aromatic N) is 1. The van der Waals surface area contributed by atoms with Gasteiger partial charge in [-0.25, -0.2) is 0 Å². The first-order valence-electron chi connectivity index (χ1n) is 6.48. The summed E-state index contributed by atoms with van der Waals surface area (Å²) in [4.78, 5) is 14.1. The van der Waals surface area contributed by atoms with Crippen LogP contribution in [0.3, 0.4) is 0 Å². The molecule has 0 heterocycles. The molecule has 102 valence electrons. The second kappa shape index (κ2) is 7.67. The Labute approximate surface area is 106 Å². The van der Waals surface area contributed by atoms with Crippen molar-refractivity contribution in [2.75, 3.05) is 26.7 Å². The summed E-state index contributed by atoms with van der Waals surface area (Å²) in [6.07, 6.45) is 0.763. The largest absolute Gasteiger partial charge is 0.468 e. The Hall–Kier alpha value is -0.610. The van der Waals surface area contributed by atoms with Crippen LogP contribution in [-0.2, 0) is 9.53 Å². The lowest BCUT2D eigenvalue weighted by molar-refractivity contribution is -0.148. The zero-order chi connectivity index (χ0) is 13.5. The Bertz CT molecular complexity index is 231. The summed E-state index contributed by atoms with van der Waals surface area (Å²) < 4.78 is 4.87. The van der Waals surface area contributed by atoms with E-state index in [1.807, 2.05) is 13.8 Å². The lowest BCUT2D eigenvalue weighted by Crippen LogP contribution is -2.52. The van der Waals surface area contributed by atoms with Gasteiger partial charge >= 0.3 is 5.97 Å². The maximum Gasteiger partial charge on any atom is 0.325 e. The van der Waals surface area contributed by atoms with E-state index in [0.717, 1.165) is 26.1 Å². The first kappa shape index (κ1) is 16.4. The van der Waals surface area contributed by atoms with E-state index in [2.05, 4.69) is 31.0 Å². The van der Waals surface area contributed by atoms with E-state index in [4.69, 9.17) is 4.74 Å². The quantitative estimate of drug-likeness (QED) is 0.659. The van der Waals surface area contributed by atoms with Crippen molar-refractivity contribution in [1.82, 2.24) is 10.2 Å². The molecule has 0 aromatic carbocycles. The molecule has 4 heteroatoms. The van der Waals surface area contributed by atoms with Gasteiger partial charge in [-0.2, -0.15) is 0 Å². The molecule has 0 aromatic rings. The van der Waals surface area contributed by atoms with Crippen LogP contribution in [0, 0.1) is 0 Å². The average Bonchev–Trinajstić information content (AvgIpc) is 2.28. The van der Waals surface area contributed by atoms with Crippen LogP contribution in [0.5, 0.6) is 0 Å². The number of hydrogen-bond donors (Lipinski definition) is 1. The molecule has 1 N–H and O–H groups in total. The minimum Gasteiger partial charge on any atom is -0.468 e. The van der Waals surface area contributed by atoms with Crippen LogP contribution in [-0.4, -0.2) is 49.2 Å². The van der Waals surface area contributed by atoms with Gasteiger partial charge in [0.05, 0.1) is 7.11 Å². The second-order valence-electron chi connectivity index (χ2n) is 4.83. The van der Waals surface area contributed by atoms with Gasteiger partial charge in [0.25, 0.3) is 0 Å². The minimum absolute atomic E-state index is 0.181. The van der Waals surface area contributed by atoms with E-state index in [9.17, 15) is 4.79 Å². The lowest BCUT2D eigenvalue weighted by atomic mass is 9.97. The van der Waals surface area contributed by atoms with E-state index < -0.39 is 5.54 Å². The second-order valence-corrected chi connectivity index (χ2v) is 4.83. The number of carbonyl (C=O) groups is 1. The zero-order valence-electron chi connectivity index (χ0n) is 12.2. The van der Waals surface area contributed by atoms with E-state index in [1.165, 1.54) is 7.11 Å². The highest BCUT2D eigenvalue weighted by Crippen LogP contribution is 2.14. The third-order valence-electron chi connectivity index (χ3n) is 3.24. The van der Waals surface area contributed by atoms with Crippen LogP contribution in [0.15, 0.2) is 0 Å². The molecule has 0 aromatic heterocycles. The van der Waals surface area contributed by atoms with Crippen LogP contribution >= 0.6 is 0 Å². The minimum atomic E-state index is -0.578. The van der Waals surface area contributed by atoms with E-state index in [0.29, 0.717) is 6.04 Å². The van der Waals surface area contributed by atoms with Crippen molar-refractivity contribution in [1.29, 1.82) is 0 Å². The molecule has 4 nitrogen and oxygen atoms in total. The van der Waals surface area contributed by atoms with Gasteiger partial charge in [0.1, 0.15) is 5.54 Å². The first-order valence-corrected chi connectivity index (χ1v) is 6.48. The van der Waals surface area contributed by atoms with Crippen molar-refractivity contribution >= 4 is 5.97 Å². The third-order valence-corrected chi connectivity index (χ3v) is 3.24. The smallest absolute Gasteiger partial charge is 0.325 e. The molecule has 0 aliphatic carbocycles. The molecule has 0 saturated carbocycles. The Morgan fingerprint density at radius 2 is 2.00 bits per heavy atom. The number of likely N-dealkylation sites (N-methyl/N-ethyl adjacent to an activating group) is 1. The molecule has 0 amide bonds. The first-order chi connectivity index (χ1) is 7.91. The summed E-state index contributed by atoms with van der Waals surface area (Å²) >= 11 is 0. The van der Waals surface area contributed by atoms with E-state index in [-0.39, 0.29) is 5.97 Å². The van der Waals surface area contributed by atoms with Crippen LogP contribution in [0.1, 0.15) is 41.0 Å². The van der Waals surface area contributed by atoms with Crippen molar-refractivity contribution in [2.45, 2.75) is 52.6 Å². The number of ether oxygens (including phenoxy) is 1. The van der Waals surface area contributed by atoms with Crippen LogP contribution < -0.4 is 5.32 Å². The molecule has 0 rings (SSSR count). The summed E-state index contributed by atoms with van der Waals surface area (Å²) in [6.45, 7) is 13.1. The van der Waals surface area contributed by atoms with Gasteiger partial charge in [-0.1, -0.05) is 13.8 Å². The van der Waals surface area contributed by atoms with Gasteiger partial charge in [-0.05, 0) is 40.3 Å². The summed E-state index contributed by atoms with van der Waals surface area (Å²) in [7, 11) is 1.44. The Morgan fingerprint density at radius 3 is 2.35 bits per heavy atom. The summed E-state index contributed by atoms with van der Waals surface area (Å²) in [6, 6.07) is 0.503. The average molecular weight is 244 g/mol. The van der Waals surface area contributed by atoms with Gasteiger partial charge in [0.15, 0.2) is 0 Å². The number of esters is 1. The SMILES string of the molecule is CCNC(C)(CCN(CC)C(C)C)C(=O)OC. The van der Waals surface area contributed by atoms with Crippen molar-refractivity contribution in [3.63, 3.8) is 0 Å². The standard InChI is InChI=1S/C13H28N2O2/c1-7-14-13(5,12(16)17-6)9-10-15(8-2)11(3)4/h11,14H,7-10H2,1-6H3. The van der Waals surface area contributed by atoms with Crippen molar-refractivity contribution in [2.24, 2.45) is 0 Å².